The second kappa shape index (κ2) is 6.97. The van der Waals surface area contributed by atoms with Crippen molar-refractivity contribution < 1.29 is 14.2 Å². The highest BCUT2D eigenvalue weighted by atomic mass is 16.5. The summed E-state index contributed by atoms with van der Waals surface area (Å²) in [5, 5.41) is 0. The topological polar surface area (TPSA) is 34.2 Å². The van der Waals surface area contributed by atoms with Crippen LogP contribution in [0.1, 0.15) is 25.3 Å². The molecule has 0 bridgehead atoms. The third kappa shape index (κ3) is 3.12. The molecule has 0 saturated carbocycles. The molecule has 2 aliphatic heterocycles. The van der Waals surface area contributed by atoms with Crippen molar-refractivity contribution in [1.82, 2.24) is 9.80 Å². The van der Waals surface area contributed by atoms with Crippen molar-refractivity contribution >= 4 is 0 Å². The molecule has 0 amide bonds. The van der Waals surface area contributed by atoms with E-state index in [1.807, 2.05) is 6.07 Å². The van der Waals surface area contributed by atoms with Crippen LogP contribution in [-0.4, -0.2) is 62.8 Å². The third-order valence-corrected chi connectivity index (χ3v) is 5.23. The highest BCUT2D eigenvalue weighted by Gasteiger charge is 2.34. The number of hydrogen-bond donors (Lipinski definition) is 0. The highest BCUT2D eigenvalue weighted by Crippen LogP contribution is 2.40. The molecule has 5 heteroatoms. The van der Waals surface area contributed by atoms with E-state index >= 15 is 0 Å². The summed E-state index contributed by atoms with van der Waals surface area (Å²) in [7, 11) is 5.00. The van der Waals surface area contributed by atoms with Crippen molar-refractivity contribution in [2.45, 2.75) is 38.4 Å². The Morgan fingerprint density at radius 1 is 1.04 bits per heavy atom. The second-order valence-corrected chi connectivity index (χ2v) is 6.56. The first-order valence-electron chi connectivity index (χ1n) is 8.43. The Kier molecular flexibility index (Phi) is 4.97. The van der Waals surface area contributed by atoms with Crippen LogP contribution in [0.4, 0.5) is 0 Å². The van der Waals surface area contributed by atoms with Gasteiger partial charge in [0.05, 0.1) is 21.3 Å². The summed E-state index contributed by atoms with van der Waals surface area (Å²) in [6.07, 6.45) is 2.66. The fourth-order valence-electron chi connectivity index (χ4n) is 3.97. The fourth-order valence-corrected chi connectivity index (χ4v) is 3.97. The van der Waals surface area contributed by atoms with Crippen LogP contribution in [0.3, 0.4) is 0 Å². The Morgan fingerprint density at radius 3 is 2.52 bits per heavy atom. The predicted octanol–water partition coefficient (Wildman–Crippen LogP) is 2.38. The van der Waals surface area contributed by atoms with Gasteiger partial charge < -0.3 is 14.2 Å². The quantitative estimate of drug-likeness (QED) is 0.832. The van der Waals surface area contributed by atoms with Gasteiger partial charge in [-0.25, -0.2) is 0 Å². The van der Waals surface area contributed by atoms with Gasteiger partial charge in [-0.15, -0.1) is 0 Å². The summed E-state index contributed by atoms with van der Waals surface area (Å²) >= 11 is 0. The molecule has 2 heterocycles. The lowest BCUT2D eigenvalue weighted by Gasteiger charge is -2.42. The molecule has 128 valence electrons. The van der Waals surface area contributed by atoms with E-state index in [2.05, 4.69) is 22.8 Å². The summed E-state index contributed by atoms with van der Waals surface area (Å²) in [6, 6.07) is 5.33. The number of piperazine rings is 1. The number of benzene rings is 1. The number of ether oxygens (including phenoxy) is 3. The molecule has 23 heavy (non-hydrogen) atoms. The monoisotopic (exact) mass is 320 g/mol. The molecule has 2 fully saturated rings. The predicted molar refractivity (Wildman–Crippen MR) is 90.6 cm³/mol. The summed E-state index contributed by atoms with van der Waals surface area (Å²) in [4.78, 5) is 5.21. The van der Waals surface area contributed by atoms with Crippen molar-refractivity contribution in [3.05, 3.63) is 17.7 Å². The Balaban J connectivity index is 1.81. The molecular weight excluding hydrogens is 292 g/mol. The lowest BCUT2D eigenvalue weighted by atomic mass is 10.1. The molecule has 2 atom stereocenters. The molecule has 1 aromatic carbocycles. The van der Waals surface area contributed by atoms with Crippen molar-refractivity contribution in [2.24, 2.45) is 0 Å². The van der Waals surface area contributed by atoms with Crippen LogP contribution in [0.2, 0.25) is 0 Å². The molecule has 3 rings (SSSR count). The molecule has 2 saturated heterocycles. The van der Waals surface area contributed by atoms with Gasteiger partial charge in [-0.05, 0) is 32.4 Å². The average molecular weight is 320 g/mol. The standard InChI is InChI=1S/C18H28N2O3/c1-13-10-19-9-5-6-15(19)12-20(13)11-14-7-8-16(21-2)18(23-4)17(14)22-3/h7-8,13,15H,5-6,9-12H2,1-4H3/t13-,15-/m0/s1. The van der Waals surface area contributed by atoms with Crippen LogP contribution in [0.25, 0.3) is 0 Å². The zero-order valence-corrected chi connectivity index (χ0v) is 14.7. The van der Waals surface area contributed by atoms with Crippen LogP contribution in [0.15, 0.2) is 12.1 Å². The number of fused-ring (bicyclic) bond motifs is 1. The lowest BCUT2D eigenvalue weighted by molar-refractivity contribution is 0.0534. The maximum absolute atomic E-state index is 5.63. The number of hydrogen-bond acceptors (Lipinski definition) is 5. The minimum Gasteiger partial charge on any atom is -0.493 e. The summed E-state index contributed by atoms with van der Waals surface area (Å²) < 4.78 is 16.5. The molecular formula is C18H28N2O3. The van der Waals surface area contributed by atoms with Gasteiger partial charge in [-0.3, -0.25) is 9.80 Å². The summed E-state index contributed by atoms with van der Waals surface area (Å²) in [6.45, 7) is 6.78. The zero-order valence-electron chi connectivity index (χ0n) is 14.7. The van der Waals surface area contributed by atoms with E-state index in [1.54, 1.807) is 21.3 Å². The summed E-state index contributed by atoms with van der Waals surface area (Å²) in [5.74, 6) is 2.18. The minimum absolute atomic E-state index is 0.558. The molecule has 0 aromatic heterocycles. The number of methoxy groups -OCH3 is 3. The first-order chi connectivity index (χ1) is 11.2. The van der Waals surface area contributed by atoms with Crippen molar-refractivity contribution in [3.8, 4) is 17.2 Å². The smallest absolute Gasteiger partial charge is 0.203 e. The third-order valence-electron chi connectivity index (χ3n) is 5.23. The zero-order chi connectivity index (χ0) is 16.4. The van der Waals surface area contributed by atoms with Crippen LogP contribution >= 0.6 is 0 Å². The van der Waals surface area contributed by atoms with Gasteiger partial charge in [-0.2, -0.15) is 0 Å². The first-order valence-corrected chi connectivity index (χ1v) is 8.43. The maximum Gasteiger partial charge on any atom is 0.203 e. The Hall–Kier alpha value is -1.46. The second-order valence-electron chi connectivity index (χ2n) is 6.56. The van der Waals surface area contributed by atoms with E-state index < -0.39 is 0 Å². The Morgan fingerprint density at radius 2 is 1.83 bits per heavy atom. The molecule has 0 spiro atoms. The molecule has 1 aromatic rings. The minimum atomic E-state index is 0.558. The van der Waals surface area contributed by atoms with Gasteiger partial charge in [0.1, 0.15) is 0 Å². The summed E-state index contributed by atoms with van der Waals surface area (Å²) in [5.41, 5.74) is 1.16. The fraction of sp³-hybridized carbons (Fsp3) is 0.667. The van der Waals surface area contributed by atoms with Gasteiger partial charge >= 0.3 is 0 Å². The first kappa shape index (κ1) is 16.4. The largest absolute Gasteiger partial charge is 0.493 e. The Bertz CT molecular complexity index is 549. The van der Waals surface area contributed by atoms with E-state index in [4.69, 9.17) is 14.2 Å². The SMILES string of the molecule is COc1ccc(CN2C[C@@H]3CCCN3C[C@@H]2C)c(OC)c1OC. The molecule has 0 unspecified atom stereocenters. The molecule has 2 aliphatic rings. The van der Waals surface area contributed by atoms with Crippen LogP contribution < -0.4 is 14.2 Å². The normalized spacial score (nSPS) is 25.2. The van der Waals surface area contributed by atoms with Crippen LogP contribution in [0.5, 0.6) is 17.2 Å². The van der Waals surface area contributed by atoms with E-state index in [0.717, 1.165) is 30.4 Å². The van der Waals surface area contributed by atoms with Crippen LogP contribution in [-0.2, 0) is 6.54 Å². The van der Waals surface area contributed by atoms with Gasteiger partial charge in [0.15, 0.2) is 11.5 Å². The van der Waals surface area contributed by atoms with Gasteiger partial charge in [0.2, 0.25) is 5.75 Å². The van der Waals surface area contributed by atoms with Crippen molar-refractivity contribution in [3.63, 3.8) is 0 Å². The van der Waals surface area contributed by atoms with Gasteiger partial charge in [0.25, 0.3) is 0 Å². The highest BCUT2D eigenvalue weighted by molar-refractivity contribution is 5.55. The van der Waals surface area contributed by atoms with E-state index in [9.17, 15) is 0 Å². The average Bonchev–Trinajstić information content (AvgIpc) is 3.01. The van der Waals surface area contributed by atoms with Crippen molar-refractivity contribution in [2.75, 3.05) is 41.0 Å². The number of nitrogens with zero attached hydrogens (tertiary/aromatic N) is 2. The molecule has 0 aliphatic carbocycles. The number of rotatable bonds is 5. The van der Waals surface area contributed by atoms with Crippen LogP contribution in [0, 0.1) is 0 Å². The van der Waals surface area contributed by atoms with E-state index in [0.29, 0.717) is 17.5 Å². The van der Waals surface area contributed by atoms with E-state index in [-0.39, 0.29) is 0 Å². The maximum atomic E-state index is 5.63. The molecule has 0 radical (unpaired) electrons. The van der Waals surface area contributed by atoms with E-state index in [1.165, 1.54) is 25.9 Å². The molecule has 0 N–H and O–H groups in total. The van der Waals surface area contributed by atoms with Gasteiger partial charge in [-0.1, -0.05) is 6.07 Å². The lowest BCUT2D eigenvalue weighted by Crippen LogP contribution is -2.54. The Labute approximate surface area is 139 Å². The molecule has 5 nitrogen and oxygen atoms in total. The van der Waals surface area contributed by atoms with Gasteiger partial charge in [0, 0.05) is 37.3 Å². The van der Waals surface area contributed by atoms with Crippen molar-refractivity contribution in [1.29, 1.82) is 0 Å².